The zero-order chi connectivity index (χ0) is 32.9. The second-order valence-electron chi connectivity index (χ2n) is 13.1. The number of hydrogen-bond acceptors (Lipinski definition) is 3. The van der Waals surface area contributed by atoms with Gasteiger partial charge in [0.15, 0.2) is 0 Å². The van der Waals surface area contributed by atoms with Crippen LogP contribution in [0.5, 0.6) is 0 Å². The van der Waals surface area contributed by atoms with Crippen LogP contribution in [-0.4, -0.2) is 47.9 Å². The van der Waals surface area contributed by atoms with Crippen LogP contribution in [0.25, 0.3) is 11.0 Å². The van der Waals surface area contributed by atoms with Crippen molar-refractivity contribution in [2.24, 2.45) is 0 Å². The number of imidazole rings is 1. The summed E-state index contributed by atoms with van der Waals surface area (Å²) in [5, 5.41) is 1.28. The highest BCUT2D eigenvalue weighted by atomic mass is 79.9. The highest BCUT2D eigenvalue weighted by Gasteiger charge is 2.52. The molecule has 4 aromatic carbocycles. The summed E-state index contributed by atoms with van der Waals surface area (Å²) >= 11 is 3.16. The standard InChI is InChI=1S/C36H36BrF4N3OSi/c1-24-19-32-42-30-17-11-12-18-31(30)44(32)34(33-28(38)20-25(37)21-29(33)39)43(24)22-36(40,41)23-45-46(35(2,3)4,26-13-7-5-8-14-26)27-15-9-6-10-16-27/h5-18,20-21,24,34H,19,22-23H2,1-4H3/t24-,34+/m1/s1. The number of alkyl halides is 2. The van der Waals surface area contributed by atoms with Crippen molar-refractivity contribution >= 4 is 45.7 Å². The van der Waals surface area contributed by atoms with Gasteiger partial charge in [0, 0.05) is 16.9 Å². The molecule has 240 valence electrons. The first-order valence-electron chi connectivity index (χ1n) is 15.3. The van der Waals surface area contributed by atoms with Crippen LogP contribution in [0, 0.1) is 11.6 Å². The predicted octanol–water partition coefficient (Wildman–Crippen LogP) is 8.08. The summed E-state index contributed by atoms with van der Waals surface area (Å²) in [5.41, 5.74) is 0.951. The number of benzene rings is 4. The van der Waals surface area contributed by atoms with E-state index in [1.807, 2.05) is 93.6 Å². The molecule has 0 saturated heterocycles. The van der Waals surface area contributed by atoms with E-state index in [9.17, 15) is 0 Å². The first-order chi connectivity index (χ1) is 21.8. The number of rotatable bonds is 8. The van der Waals surface area contributed by atoms with Gasteiger partial charge in [-0.3, -0.25) is 4.90 Å². The van der Waals surface area contributed by atoms with Gasteiger partial charge in [0.05, 0.1) is 29.7 Å². The minimum absolute atomic E-state index is 0.224. The van der Waals surface area contributed by atoms with Gasteiger partial charge in [0.2, 0.25) is 0 Å². The lowest BCUT2D eigenvalue weighted by Gasteiger charge is -2.45. The van der Waals surface area contributed by atoms with Crippen LogP contribution < -0.4 is 10.4 Å². The topological polar surface area (TPSA) is 30.3 Å². The smallest absolute Gasteiger partial charge is 0.282 e. The predicted molar refractivity (Wildman–Crippen MR) is 180 cm³/mol. The zero-order valence-electron chi connectivity index (χ0n) is 26.2. The SMILES string of the molecule is C[C@@H]1Cc2nc3ccccc3n2[C@@H](c2c(F)cc(Br)cc2F)N1CC(F)(F)CO[Si](c1ccccc1)(c1ccccc1)C(C)(C)C. The molecule has 1 aliphatic rings. The highest BCUT2D eigenvalue weighted by molar-refractivity contribution is 9.10. The maximum atomic E-state index is 16.5. The first-order valence-corrected chi connectivity index (χ1v) is 18.0. The van der Waals surface area contributed by atoms with Crippen molar-refractivity contribution in [1.29, 1.82) is 0 Å². The summed E-state index contributed by atoms with van der Waals surface area (Å²) in [7, 11) is -3.27. The lowest BCUT2D eigenvalue weighted by atomic mass is 10.0. The average Bonchev–Trinajstić information content (AvgIpc) is 3.36. The minimum atomic E-state index is -3.38. The van der Waals surface area contributed by atoms with E-state index in [4.69, 9.17) is 9.41 Å². The molecule has 4 nitrogen and oxygen atoms in total. The van der Waals surface area contributed by atoms with Crippen molar-refractivity contribution in [3.8, 4) is 0 Å². The number of para-hydroxylation sites is 2. The molecule has 0 saturated carbocycles. The molecule has 0 spiro atoms. The third-order valence-corrected chi connectivity index (χ3v) is 14.3. The van der Waals surface area contributed by atoms with E-state index in [-0.39, 0.29) is 10.0 Å². The fourth-order valence-corrected chi connectivity index (χ4v) is 11.9. The molecular formula is C36H36BrF4N3OSi. The number of fused-ring (bicyclic) bond motifs is 3. The number of nitrogens with zero attached hydrogens (tertiary/aromatic N) is 3. The van der Waals surface area contributed by atoms with Gasteiger partial charge in [-0.2, -0.15) is 0 Å². The summed E-state index contributed by atoms with van der Waals surface area (Å²) in [5.74, 6) is -4.45. The van der Waals surface area contributed by atoms with Crippen molar-refractivity contribution in [2.45, 2.75) is 57.3 Å². The largest absolute Gasteiger partial charge is 0.401 e. The van der Waals surface area contributed by atoms with E-state index in [0.29, 0.717) is 23.3 Å². The van der Waals surface area contributed by atoms with Crippen LogP contribution in [0.2, 0.25) is 5.04 Å². The Labute approximate surface area is 276 Å². The summed E-state index contributed by atoms with van der Waals surface area (Å²) in [4.78, 5) is 6.22. The van der Waals surface area contributed by atoms with Crippen LogP contribution >= 0.6 is 15.9 Å². The Balaban J connectivity index is 1.42. The molecule has 0 radical (unpaired) electrons. The molecule has 0 unspecified atom stereocenters. The third-order valence-electron chi connectivity index (χ3n) is 8.90. The zero-order valence-corrected chi connectivity index (χ0v) is 28.7. The van der Waals surface area contributed by atoms with E-state index in [1.54, 1.807) is 23.6 Å². The van der Waals surface area contributed by atoms with Gasteiger partial charge in [-0.1, -0.05) is 109 Å². The van der Waals surface area contributed by atoms with Crippen LogP contribution in [0.3, 0.4) is 0 Å². The summed E-state index contributed by atoms with van der Waals surface area (Å²) in [6.45, 7) is 6.25. The Kier molecular flexibility index (Phi) is 8.77. The monoisotopic (exact) mass is 709 g/mol. The maximum absolute atomic E-state index is 16.5. The molecule has 1 aliphatic heterocycles. The Morgan fingerprint density at radius 3 is 1.98 bits per heavy atom. The Morgan fingerprint density at radius 1 is 0.870 bits per heavy atom. The Bertz CT molecular complexity index is 1780. The van der Waals surface area contributed by atoms with Gasteiger partial charge in [-0.05, 0) is 46.6 Å². The Hall–Kier alpha value is -3.31. The second kappa shape index (κ2) is 12.4. The van der Waals surface area contributed by atoms with Crippen LogP contribution in [0.1, 0.15) is 45.2 Å². The molecule has 2 atom stereocenters. The molecule has 6 rings (SSSR count). The van der Waals surface area contributed by atoms with Crippen molar-refractivity contribution in [3.05, 3.63) is 125 Å². The van der Waals surface area contributed by atoms with E-state index in [0.717, 1.165) is 10.4 Å². The van der Waals surface area contributed by atoms with Gasteiger partial charge in [-0.25, -0.2) is 22.5 Å². The van der Waals surface area contributed by atoms with Gasteiger partial charge in [0.25, 0.3) is 14.2 Å². The van der Waals surface area contributed by atoms with Gasteiger partial charge in [0.1, 0.15) is 23.6 Å². The van der Waals surface area contributed by atoms with E-state index in [1.165, 1.54) is 17.0 Å². The molecule has 5 aromatic rings. The molecular weight excluding hydrogens is 674 g/mol. The third kappa shape index (κ3) is 5.85. The van der Waals surface area contributed by atoms with Crippen molar-refractivity contribution in [2.75, 3.05) is 13.2 Å². The normalized spacial score (nSPS) is 17.8. The van der Waals surface area contributed by atoms with E-state index < -0.39 is 56.3 Å². The minimum Gasteiger partial charge on any atom is -0.401 e. The lowest BCUT2D eigenvalue weighted by Crippen LogP contribution is -2.67. The quantitative estimate of drug-likeness (QED) is 0.121. The summed E-state index contributed by atoms with van der Waals surface area (Å²) in [6.07, 6.45) is -0.866. The number of hydrogen-bond donors (Lipinski definition) is 0. The number of halogens is 5. The molecule has 46 heavy (non-hydrogen) atoms. The molecule has 0 aliphatic carbocycles. The fourth-order valence-electron chi connectivity index (χ4n) is 6.91. The second-order valence-corrected chi connectivity index (χ2v) is 18.3. The summed E-state index contributed by atoms with van der Waals surface area (Å²) < 4.78 is 73.0. The first kappa shape index (κ1) is 32.6. The van der Waals surface area contributed by atoms with Gasteiger partial charge < -0.3 is 8.99 Å². The van der Waals surface area contributed by atoms with Crippen molar-refractivity contribution in [3.63, 3.8) is 0 Å². The molecule has 0 fully saturated rings. The highest BCUT2D eigenvalue weighted by Crippen LogP contribution is 2.41. The molecule has 0 bridgehead atoms. The fraction of sp³-hybridized carbons (Fsp3) is 0.306. The van der Waals surface area contributed by atoms with Crippen LogP contribution in [0.4, 0.5) is 17.6 Å². The van der Waals surface area contributed by atoms with Gasteiger partial charge >= 0.3 is 0 Å². The lowest BCUT2D eigenvalue weighted by molar-refractivity contribution is -0.0902. The average molecular weight is 711 g/mol. The molecule has 2 heterocycles. The summed E-state index contributed by atoms with van der Waals surface area (Å²) in [6, 6.07) is 28.3. The van der Waals surface area contributed by atoms with Gasteiger partial charge in [-0.15, -0.1) is 0 Å². The van der Waals surface area contributed by atoms with Crippen LogP contribution in [0.15, 0.2) is 102 Å². The molecule has 0 amide bonds. The number of aromatic nitrogens is 2. The van der Waals surface area contributed by atoms with E-state index in [2.05, 4.69) is 15.9 Å². The molecule has 10 heteroatoms. The molecule has 0 N–H and O–H groups in total. The Morgan fingerprint density at radius 2 is 1.41 bits per heavy atom. The van der Waals surface area contributed by atoms with Crippen molar-refractivity contribution in [1.82, 2.24) is 14.5 Å². The van der Waals surface area contributed by atoms with Crippen molar-refractivity contribution < 1.29 is 22.0 Å². The maximum Gasteiger partial charge on any atom is 0.282 e. The van der Waals surface area contributed by atoms with Crippen LogP contribution in [-0.2, 0) is 10.8 Å². The molecule has 1 aromatic heterocycles. The van der Waals surface area contributed by atoms with E-state index >= 15 is 17.6 Å².